The van der Waals surface area contributed by atoms with Crippen molar-refractivity contribution in [2.75, 3.05) is 18.9 Å². The van der Waals surface area contributed by atoms with E-state index in [4.69, 9.17) is 14.9 Å². The maximum atomic E-state index is 6.08. The average Bonchev–Trinajstić information content (AvgIpc) is 2.29. The minimum atomic E-state index is -1.65. The molecule has 0 unspecified atom stereocenters. The summed E-state index contributed by atoms with van der Waals surface area (Å²) in [5, 5.41) is 0.242. The Morgan fingerprint density at radius 1 is 1.30 bits per heavy atom. The zero-order chi connectivity index (χ0) is 15.4. The first-order chi connectivity index (χ1) is 9.13. The summed E-state index contributed by atoms with van der Waals surface area (Å²) in [7, 11) is -1.65. The molecular formula is C14H25BrN2O2Si. The fraction of sp³-hybridized carbons (Fsp3) is 0.643. The Bertz CT molecular complexity index is 447. The van der Waals surface area contributed by atoms with Crippen LogP contribution >= 0.6 is 15.9 Å². The first-order valence-electron chi connectivity index (χ1n) is 6.81. The number of anilines is 1. The van der Waals surface area contributed by atoms with Gasteiger partial charge in [0, 0.05) is 23.7 Å². The van der Waals surface area contributed by atoms with E-state index in [2.05, 4.69) is 54.8 Å². The lowest BCUT2D eigenvalue weighted by Crippen LogP contribution is -2.41. The molecule has 0 aromatic carbocycles. The topological polar surface area (TPSA) is 57.4 Å². The SMILES string of the molecule is CC(C)(C)[Si](C)(C)OCCCOc1ncc(Br)cc1N. The van der Waals surface area contributed by atoms with Crippen molar-refractivity contribution < 1.29 is 9.16 Å². The van der Waals surface area contributed by atoms with Gasteiger partial charge in [-0.1, -0.05) is 20.8 Å². The standard InChI is InChI=1S/C14H25BrN2O2Si/c1-14(2,3)20(4,5)19-8-6-7-18-13-12(16)9-11(15)10-17-13/h9-10H,6-8,16H2,1-5H3. The molecule has 1 rings (SSSR count). The van der Waals surface area contributed by atoms with Crippen LogP contribution in [0.5, 0.6) is 5.88 Å². The van der Waals surface area contributed by atoms with Gasteiger partial charge in [-0.15, -0.1) is 0 Å². The van der Waals surface area contributed by atoms with Gasteiger partial charge in [0.05, 0.1) is 12.3 Å². The molecule has 1 heterocycles. The van der Waals surface area contributed by atoms with Crippen LogP contribution in [0.15, 0.2) is 16.7 Å². The van der Waals surface area contributed by atoms with Crippen molar-refractivity contribution in [2.24, 2.45) is 0 Å². The number of aromatic nitrogens is 1. The van der Waals surface area contributed by atoms with Crippen LogP contribution in [-0.4, -0.2) is 26.5 Å². The Hall–Kier alpha value is -0.593. The average molecular weight is 361 g/mol. The first-order valence-corrected chi connectivity index (χ1v) is 10.5. The van der Waals surface area contributed by atoms with Crippen molar-refractivity contribution >= 4 is 29.9 Å². The van der Waals surface area contributed by atoms with E-state index in [1.807, 2.05) is 0 Å². The van der Waals surface area contributed by atoms with Gasteiger partial charge in [0.25, 0.3) is 0 Å². The van der Waals surface area contributed by atoms with Crippen molar-refractivity contribution in [3.63, 3.8) is 0 Å². The minimum Gasteiger partial charge on any atom is -0.476 e. The Labute approximate surface area is 131 Å². The number of rotatable bonds is 6. The predicted molar refractivity (Wildman–Crippen MR) is 89.6 cm³/mol. The summed E-state index contributed by atoms with van der Waals surface area (Å²) in [5.74, 6) is 0.487. The molecule has 1 aromatic heterocycles. The minimum absolute atomic E-state index is 0.242. The van der Waals surface area contributed by atoms with E-state index in [1.54, 1.807) is 12.3 Å². The Morgan fingerprint density at radius 3 is 2.50 bits per heavy atom. The summed E-state index contributed by atoms with van der Waals surface area (Å²) in [6, 6.07) is 1.79. The number of hydrogen-bond donors (Lipinski definition) is 1. The third-order valence-corrected chi connectivity index (χ3v) is 8.61. The van der Waals surface area contributed by atoms with Crippen LogP contribution in [0.25, 0.3) is 0 Å². The quantitative estimate of drug-likeness (QED) is 0.609. The normalized spacial score (nSPS) is 12.5. The molecule has 0 radical (unpaired) electrons. The van der Waals surface area contributed by atoms with E-state index in [0.29, 0.717) is 24.8 Å². The summed E-state index contributed by atoms with van der Waals surface area (Å²) >= 11 is 3.32. The molecule has 0 fully saturated rings. The highest BCUT2D eigenvalue weighted by Crippen LogP contribution is 2.36. The molecule has 6 heteroatoms. The lowest BCUT2D eigenvalue weighted by atomic mass is 10.2. The van der Waals surface area contributed by atoms with E-state index < -0.39 is 8.32 Å². The van der Waals surface area contributed by atoms with Crippen molar-refractivity contribution in [3.8, 4) is 5.88 Å². The summed E-state index contributed by atoms with van der Waals surface area (Å²) in [6.07, 6.45) is 2.52. The second-order valence-electron chi connectivity index (χ2n) is 6.36. The maximum Gasteiger partial charge on any atom is 0.237 e. The van der Waals surface area contributed by atoms with Crippen LogP contribution in [0, 0.1) is 0 Å². The van der Waals surface area contributed by atoms with Crippen LogP contribution in [-0.2, 0) is 4.43 Å². The molecule has 0 spiro atoms. The highest BCUT2D eigenvalue weighted by Gasteiger charge is 2.36. The maximum absolute atomic E-state index is 6.08. The summed E-state index contributed by atoms with van der Waals surface area (Å²) < 4.78 is 12.5. The summed E-state index contributed by atoms with van der Waals surface area (Å²) in [4.78, 5) is 4.14. The lowest BCUT2D eigenvalue weighted by molar-refractivity contribution is 0.230. The lowest BCUT2D eigenvalue weighted by Gasteiger charge is -2.36. The van der Waals surface area contributed by atoms with Crippen LogP contribution in [0.3, 0.4) is 0 Å². The van der Waals surface area contributed by atoms with E-state index >= 15 is 0 Å². The van der Waals surface area contributed by atoms with Gasteiger partial charge < -0.3 is 14.9 Å². The molecule has 0 bridgehead atoms. The van der Waals surface area contributed by atoms with Gasteiger partial charge in [-0.25, -0.2) is 4.98 Å². The van der Waals surface area contributed by atoms with Crippen molar-refractivity contribution in [1.29, 1.82) is 0 Å². The number of halogens is 1. The number of nitrogens with zero attached hydrogens (tertiary/aromatic N) is 1. The zero-order valence-electron chi connectivity index (χ0n) is 13.0. The third kappa shape index (κ3) is 5.07. The number of nitrogens with two attached hydrogens (primary N) is 1. The second kappa shape index (κ2) is 6.91. The number of ether oxygens (including phenoxy) is 1. The van der Waals surface area contributed by atoms with Gasteiger partial charge in [-0.2, -0.15) is 0 Å². The molecule has 114 valence electrons. The molecule has 20 heavy (non-hydrogen) atoms. The number of hydrogen-bond acceptors (Lipinski definition) is 4. The molecular weight excluding hydrogens is 336 g/mol. The van der Waals surface area contributed by atoms with E-state index in [9.17, 15) is 0 Å². The van der Waals surface area contributed by atoms with Gasteiger partial charge in [0.1, 0.15) is 0 Å². The zero-order valence-corrected chi connectivity index (χ0v) is 15.6. The molecule has 0 saturated heterocycles. The van der Waals surface area contributed by atoms with Crippen LogP contribution in [0.2, 0.25) is 18.1 Å². The second-order valence-corrected chi connectivity index (χ2v) is 12.1. The predicted octanol–water partition coefficient (Wildman–Crippen LogP) is 4.22. The van der Waals surface area contributed by atoms with Gasteiger partial charge in [-0.05, 0) is 40.1 Å². The molecule has 0 saturated carbocycles. The van der Waals surface area contributed by atoms with E-state index in [-0.39, 0.29) is 5.04 Å². The molecule has 0 aliphatic rings. The first kappa shape index (κ1) is 17.5. The Kier molecular flexibility index (Phi) is 6.03. The molecule has 0 atom stereocenters. The highest BCUT2D eigenvalue weighted by molar-refractivity contribution is 9.10. The smallest absolute Gasteiger partial charge is 0.237 e. The van der Waals surface area contributed by atoms with Crippen LogP contribution in [0.4, 0.5) is 5.69 Å². The highest BCUT2D eigenvalue weighted by atomic mass is 79.9. The van der Waals surface area contributed by atoms with Crippen molar-refractivity contribution in [2.45, 2.75) is 45.3 Å². The largest absolute Gasteiger partial charge is 0.476 e. The fourth-order valence-corrected chi connectivity index (χ4v) is 2.77. The molecule has 2 N–H and O–H groups in total. The fourth-order valence-electron chi connectivity index (χ4n) is 1.33. The van der Waals surface area contributed by atoms with E-state index in [0.717, 1.165) is 10.9 Å². The van der Waals surface area contributed by atoms with Gasteiger partial charge >= 0.3 is 0 Å². The van der Waals surface area contributed by atoms with Gasteiger partial charge in [0.15, 0.2) is 8.32 Å². The monoisotopic (exact) mass is 360 g/mol. The van der Waals surface area contributed by atoms with Crippen LogP contribution in [0.1, 0.15) is 27.2 Å². The molecule has 0 amide bonds. The van der Waals surface area contributed by atoms with Crippen LogP contribution < -0.4 is 10.5 Å². The van der Waals surface area contributed by atoms with E-state index in [1.165, 1.54) is 0 Å². The molecule has 4 nitrogen and oxygen atoms in total. The van der Waals surface area contributed by atoms with Gasteiger partial charge in [0.2, 0.25) is 5.88 Å². The number of pyridine rings is 1. The van der Waals surface area contributed by atoms with Crippen molar-refractivity contribution in [3.05, 3.63) is 16.7 Å². The van der Waals surface area contributed by atoms with Gasteiger partial charge in [-0.3, -0.25) is 0 Å². The molecule has 0 aliphatic heterocycles. The summed E-state index contributed by atoms with van der Waals surface area (Å²) in [6.45, 7) is 12.5. The molecule has 1 aromatic rings. The summed E-state index contributed by atoms with van der Waals surface area (Å²) in [5.41, 5.74) is 6.37. The number of nitrogen functional groups attached to an aromatic ring is 1. The Morgan fingerprint density at radius 2 is 1.95 bits per heavy atom. The Balaban J connectivity index is 2.32. The van der Waals surface area contributed by atoms with Crippen molar-refractivity contribution in [1.82, 2.24) is 4.98 Å². The third-order valence-electron chi connectivity index (χ3n) is 3.64. The molecule has 0 aliphatic carbocycles.